The molecule has 3 aliphatic heterocycles. The molecule has 35 heavy (non-hydrogen) atoms. The summed E-state index contributed by atoms with van der Waals surface area (Å²) >= 11 is 0. The fraction of sp³-hybridized carbons (Fsp3) is 0.375. The van der Waals surface area contributed by atoms with Crippen molar-refractivity contribution in [3.8, 4) is 11.3 Å². The first-order valence-electron chi connectivity index (χ1n) is 11.2. The third-order valence-corrected chi connectivity index (χ3v) is 6.99. The van der Waals surface area contributed by atoms with Crippen LogP contribution in [0.1, 0.15) is 11.6 Å². The largest absolute Gasteiger partial charge is 0.416 e. The van der Waals surface area contributed by atoms with Crippen LogP contribution in [-0.4, -0.2) is 65.0 Å². The van der Waals surface area contributed by atoms with Gasteiger partial charge in [-0.1, -0.05) is 18.7 Å². The fourth-order valence-electron chi connectivity index (χ4n) is 5.03. The molecule has 0 bridgehead atoms. The molecular formula is C24H21F4N5O2. The molecule has 1 aromatic carbocycles. The molecule has 7 nitrogen and oxygen atoms in total. The first-order valence-corrected chi connectivity index (χ1v) is 11.2. The van der Waals surface area contributed by atoms with Crippen molar-refractivity contribution in [2.45, 2.75) is 12.2 Å². The fourth-order valence-corrected chi connectivity index (χ4v) is 5.03. The number of hydrogen-bond acceptors (Lipinski definition) is 5. The Morgan fingerprint density at radius 1 is 1.11 bits per heavy atom. The van der Waals surface area contributed by atoms with Crippen LogP contribution in [0.5, 0.6) is 0 Å². The highest BCUT2D eigenvalue weighted by Crippen LogP contribution is 2.44. The Kier molecular flexibility index (Phi) is 4.73. The van der Waals surface area contributed by atoms with Gasteiger partial charge in [-0.15, -0.1) is 0 Å². The van der Waals surface area contributed by atoms with Crippen LogP contribution in [0.4, 0.5) is 23.2 Å². The first-order chi connectivity index (χ1) is 16.7. The minimum Gasteiger partial charge on any atom is -0.380 e. The standard InChI is InChI=1S/C24H21F4N5O2/c1-14(25)22(34)31-8-17(9-31)33-21-18(32-10-23(11-32)12-35-13-23)6-7-29-20(21)19(30-33)15-2-4-16(5-3-15)24(26,27)28/h2-7,17H,1,8-13H2. The van der Waals surface area contributed by atoms with Crippen molar-refractivity contribution in [3.05, 3.63) is 54.5 Å². The summed E-state index contributed by atoms with van der Waals surface area (Å²) in [5.74, 6) is -1.77. The van der Waals surface area contributed by atoms with Gasteiger partial charge < -0.3 is 14.5 Å². The van der Waals surface area contributed by atoms with E-state index in [0.29, 0.717) is 16.8 Å². The number of ether oxygens (including phenoxy) is 1. The Morgan fingerprint density at radius 2 is 1.80 bits per heavy atom. The van der Waals surface area contributed by atoms with E-state index in [4.69, 9.17) is 9.84 Å². The molecule has 3 fully saturated rings. The number of halogens is 4. The number of benzene rings is 1. The van der Waals surface area contributed by atoms with Gasteiger partial charge in [0, 0.05) is 37.9 Å². The van der Waals surface area contributed by atoms with E-state index >= 15 is 0 Å². The Balaban J connectivity index is 1.40. The summed E-state index contributed by atoms with van der Waals surface area (Å²) in [4.78, 5) is 20.0. The van der Waals surface area contributed by atoms with Crippen molar-refractivity contribution < 1.29 is 27.1 Å². The maximum Gasteiger partial charge on any atom is 0.416 e. The molecule has 0 radical (unpaired) electrons. The van der Waals surface area contributed by atoms with Gasteiger partial charge in [0.2, 0.25) is 0 Å². The van der Waals surface area contributed by atoms with E-state index in [2.05, 4.69) is 16.5 Å². The molecule has 0 N–H and O–H groups in total. The van der Waals surface area contributed by atoms with E-state index < -0.39 is 23.5 Å². The molecule has 3 saturated heterocycles. The van der Waals surface area contributed by atoms with Crippen LogP contribution < -0.4 is 4.90 Å². The zero-order chi connectivity index (χ0) is 24.5. The number of pyridine rings is 1. The summed E-state index contributed by atoms with van der Waals surface area (Å²) in [7, 11) is 0. The molecule has 0 saturated carbocycles. The van der Waals surface area contributed by atoms with Gasteiger partial charge in [0.25, 0.3) is 5.91 Å². The summed E-state index contributed by atoms with van der Waals surface area (Å²) in [5.41, 5.74) is 2.60. The second kappa shape index (κ2) is 7.51. The molecule has 6 rings (SSSR count). The van der Waals surface area contributed by atoms with Gasteiger partial charge in [0.15, 0.2) is 5.83 Å². The Hall–Kier alpha value is -3.47. The van der Waals surface area contributed by atoms with Crippen molar-refractivity contribution in [1.29, 1.82) is 0 Å². The highest BCUT2D eigenvalue weighted by molar-refractivity contribution is 5.98. The molecule has 11 heteroatoms. The van der Waals surface area contributed by atoms with Crippen molar-refractivity contribution in [3.63, 3.8) is 0 Å². The summed E-state index contributed by atoms with van der Waals surface area (Å²) in [6.45, 7) is 6.66. The topological polar surface area (TPSA) is 63.5 Å². The number of fused-ring (bicyclic) bond motifs is 1. The zero-order valence-electron chi connectivity index (χ0n) is 18.6. The smallest absolute Gasteiger partial charge is 0.380 e. The monoisotopic (exact) mass is 487 g/mol. The van der Waals surface area contributed by atoms with E-state index in [9.17, 15) is 22.4 Å². The average molecular weight is 487 g/mol. The number of amides is 1. The normalized spacial score (nSPS) is 19.4. The number of aromatic nitrogens is 3. The molecule has 0 unspecified atom stereocenters. The van der Waals surface area contributed by atoms with Crippen molar-refractivity contribution in [1.82, 2.24) is 19.7 Å². The minimum absolute atomic E-state index is 0.165. The quantitative estimate of drug-likeness (QED) is 0.414. The van der Waals surface area contributed by atoms with Gasteiger partial charge in [-0.2, -0.15) is 18.3 Å². The van der Waals surface area contributed by atoms with Gasteiger partial charge in [0.05, 0.1) is 35.9 Å². The Bertz CT molecular complexity index is 1330. The van der Waals surface area contributed by atoms with Gasteiger partial charge in [-0.3, -0.25) is 14.5 Å². The molecule has 2 aromatic heterocycles. The molecule has 0 atom stereocenters. The van der Waals surface area contributed by atoms with Crippen LogP contribution in [0, 0.1) is 5.41 Å². The predicted octanol–water partition coefficient (Wildman–Crippen LogP) is 3.82. The van der Waals surface area contributed by atoms with E-state index in [1.165, 1.54) is 17.0 Å². The maximum absolute atomic E-state index is 13.3. The molecule has 182 valence electrons. The van der Waals surface area contributed by atoms with Crippen LogP contribution in [-0.2, 0) is 15.7 Å². The zero-order valence-corrected chi connectivity index (χ0v) is 18.6. The number of carbonyl (C=O) groups is 1. The Labute approximate surface area is 197 Å². The third-order valence-electron chi connectivity index (χ3n) is 6.99. The minimum atomic E-state index is -4.44. The Morgan fingerprint density at radius 3 is 2.37 bits per heavy atom. The first kappa shape index (κ1) is 22.0. The van der Waals surface area contributed by atoms with Crippen LogP contribution in [0.25, 0.3) is 22.3 Å². The van der Waals surface area contributed by atoms with Crippen LogP contribution in [0.15, 0.2) is 48.9 Å². The van der Waals surface area contributed by atoms with Crippen LogP contribution in [0.2, 0.25) is 0 Å². The van der Waals surface area contributed by atoms with Crippen LogP contribution in [0.3, 0.4) is 0 Å². The summed E-state index contributed by atoms with van der Waals surface area (Å²) in [6.07, 6.45) is -2.77. The summed E-state index contributed by atoms with van der Waals surface area (Å²) in [6, 6.07) is 6.49. The lowest BCUT2D eigenvalue weighted by Gasteiger charge is -2.56. The maximum atomic E-state index is 13.3. The molecule has 5 heterocycles. The van der Waals surface area contributed by atoms with Gasteiger partial charge >= 0.3 is 6.18 Å². The SMILES string of the molecule is C=C(F)C(=O)N1CC(n2nc(-c3ccc(C(F)(F)F)cc3)c3nccc(N4CC5(COC5)C4)c32)C1. The lowest BCUT2D eigenvalue weighted by molar-refractivity contribution is -0.137. The highest BCUT2D eigenvalue weighted by atomic mass is 19.4. The second-order valence-corrected chi connectivity index (χ2v) is 9.51. The molecule has 3 aliphatic rings. The van der Waals surface area contributed by atoms with E-state index in [-0.39, 0.29) is 24.5 Å². The molecule has 1 spiro atoms. The number of nitrogens with zero attached hydrogens (tertiary/aromatic N) is 5. The van der Waals surface area contributed by atoms with Crippen molar-refractivity contribution in [2.24, 2.45) is 5.41 Å². The number of likely N-dealkylation sites (tertiary alicyclic amines) is 1. The van der Waals surface area contributed by atoms with Crippen molar-refractivity contribution >= 4 is 22.6 Å². The number of carbonyl (C=O) groups excluding carboxylic acids is 1. The highest BCUT2D eigenvalue weighted by Gasteiger charge is 2.50. The number of anilines is 1. The number of alkyl halides is 3. The van der Waals surface area contributed by atoms with Gasteiger partial charge in [-0.25, -0.2) is 4.39 Å². The number of hydrogen-bond donors (Lipinski definition) is 0. The van der Waals surface area contributed by atoms with E-state index in [1.807, 2.05) is 6.07 Å². The summed E-state index contributed by atoms with van der Waals surface area (Å²) < 4.78 is 59.7. The lowest BCUT2D eigenvalue weighted by atomic mass is 9.77. The van der Waals surface area contributed by atoms with Crippen LogP contribution >= 0.6 is 0 Å². The van der Waals surface area contributed by atoms with E-state index in [1.54, 1.807) is 10.9 Å². The predicted molar refractivity (Wildman–Crippen MR) is 119 cm³/mol. The average Bonchev–Trinajstić information content (AvgIpc) is 3.10. The third kappa shape index (κ3) is 3.48. The lowest BCUT2D eigenvalue weighted by Crippen LogP contribution is -2.66. The second-order valence-electron chi connectivity index (χ2n) is 9.51. The molecule has 1 amide bonds. The summed E-state index contributed by atoms with van der Waals surface area (Å²) in [5, 5.41) is 4.75. The van der Waals surface area contributed by atoms with Gasteiger partial charge in [0.1, 0.15) is 16.7 Å². The van der Waals surface area contributed by atoms with Crippen molar-refractivity contribution in [2.75, 3.05) is 44.3 Å². The molecule has 0 aliphatic carbocycles. The molecule has 3 aromatic rings. The molecular weight excluding hydrogens is 466 g/mol. The van der Waals surface area contributed by atoms with Gasteiger partial charge in [-0.05, 0) is 18.2 Å². The van der Waals surface area contributed by atoms with E-state index in [0.717, 1.165) is 49.6 Å². The number of rotatable bonds is 4.